The van der Waals surface area contributed by atoms with Crippen LogP contribution in [0.5, 0.6) is 0 Å². The van der Waals surface area contributed by atoms with E-state index in [1.165, 1.54) is 7.11 Å². The van der Waals surface area contributed by atoms with Gasteiger partial charge in [-0.2, -0.15) is 0 Å². The number of ether oxygens (including phenoxy) is 2. The highest BCUT2D eigenvalue weighted by Crippen LogP contribution is 2.34. The number of carbonyl (C=O) groups is 2. The molecule has 1 aromatic carbocycles. The molecule has 0 amide bonds. The first-order valence-corrected chi connectivity index (χ1v) is 7.16. The Morgan fingerprint density at radius 3 is 2.23 bits per heavy atom. The third-order valence-electron chi connectivity index (χ3n) is 3.37. The van der Waals surface area contributed by atoms with Crippen LogP contribution in [-0.2, 0) is 14.3 Å². The van der Waals surface area contributed by atoms with Gasteiger partial charge in [0.1, 0.15) is 5.60 Å². The minimum Gasteiger partial charge on any atom is -0.465 e. The molecule has 0 aliphatic carbocycles. The number of benzene rings is 1. The summed E-state index contributed by atoms with van der Waals surface area (Å²) in [6, 6.07) is 6.17. The van der Waals surface area contributed by atoms with Crippen molar-refractivity contribution in [3.63, 3.8) is 0 Å². The molecule has 1 unspecified atom stereocenters. The number of carbonyl (C=O) groups excluding carboxylic acids is 2. The molecule has 0 aliphatic rings. The van der Waals surface area contributed by atoms with Crippen LogP contribution in [0, 0.1) is 5.41 Å². The van der Waals surface area contributed by atoms with Crippen molar-refractivity contribution in [1.29, 1.82) is 0 Å². The summed E-state index contributed by atoms with van der Waals surface area (Å²) in [7, 11) is 1.32. The van der Waals surface area contributed by atoms with E-state index in [9.17, 15) is 9.59 Å². The van der Waals surface area contributed by atoms with E-state index in [-0.39, 0.29) is 5.97 Å². The van der Waals surface area contributed by atoms with Crippen LogP contribution in [0.15, 0.2) is 24.3 Å². The van der Waals surface area contributed by atoms with Crippen molar-refractivity contribution in [2.45, 2.75) is 46.3 Å². The van der Waals surface area contributed by atoms with Crippen molar-refractivity contribution in [1.82, 2.24) is 0 Å². The molecule has 1 aromatic rings. The van der Waals surface area contributed by atoms with Crippen molar-refractivity contribution in [3.8, 4) is 0 Å². The van der Waals surface area contributed by atoms with Crippen LogP contribution in [0.25, 0.3) is 0 Å². The summed E-state index contributed by atoms with van der Waals surface area (Å²) in [6.07, 6.45) is 0. The molecule has 5 nitrogen and oxygen atoms in total. The molecule has 0 aliphatic heterocycles. The normalized spacial score (nSPS) is 13.4. The fourth-order valence-electron chi connectivity index (χ4n) is 1.93. The molecule has 5 heteroatoms. The van der Waals surface area contributed by atoms with Gasteiger partial charge in [-0.25, -0.2) is 4.79 Å². The number of nitrogens with two attached hydrogens (primary N) is 1. The zero-order valence-corrected chi connectivity index (χ0v) is 14.1. The Morgan fingerprint density at radius 2 is 1.73 bits per heavy atom. The Balaban J connectivity index is 3.06. The highest BCUT2D eigenvalue weighted by atomic mass is 16.6. The first-order valence-electron chi connectivity index (χ1n) is 7.16. The van der Waals surface area contributed by atoms with Gasteiger partial charge in [-0.3, -0.25) is 4.79 Å². The van der Waals surface area contributed by atoms with E-state index in [1.807, 2.05) is 20.8 Å². The van der Waals surface area contributed by atoms with Gasteiger partial charge < -0.3 is 15.2 Å². The zero-order chi connectivity index (χ0) is 17.1. The van der Waals surface area contributed by atoms with Gasteiger partial charge in [0.05, 0.1) is 18.1 Å². The summed E-state index contributed by atoms with van der Waals surface area (Å²) in [4.78, 5) is 24.0. The third kappa shape index (κ3) is 4.31. The Bertz CT molecular complexity index is 558. The number of hydrogen-bond acceptors (Lipinski definition) is 5. The smallest absolute Gasteiger partial charge is 0.337 e. The largest absolute Gasteiger partial charge is 0.465 e. The van der Waals surface area contributed by atoms with Gasteiger partial charge in [0, 0.05) is 6.04 Å². The minimum atomic E-state index is -0.929. The molecular weight excluding hydrogens is 282 g/mol. The maximum absolute atomic E-state index is 12.4. The molecule has 0 fully saturated rings. The van der Waals surface area contributed by atoms with Gasteiger partial charge in [0.25, 0.3) is 0 Å². The Hall–Kier alpha value is -1.88. The molecule has 0 bridgehead atoms. The maximum atomic E-state index is 12.4. The molecule has 2 N–H and O–H groups in total. The van der Waals surface area contributed by atoms with Crippen LogP contribution >= 0.6 is 0 Å². The number of methoxy groups -OCH3 is 1. The van der Waals surface area contributed by atoms with Crippen molar-refractivity contribution >= 4 is 11.9 Å². The van der Waals surface area contributed by atoms with E-state index < -0.39 is 23.0 Å². The summed E-state index contributed by atoms with van der Waals surface area (Å²) < 4.78 is 10.1. The molecule has 0 spiro atoms. The van der Waals surface area contributed by atoms with E-state index in [4.69, 9.17) is 15.2 Å². The van der Waals surface area contributed by atoms with Gasteiger partial charge in [-0.05, 0) is 52.3 Å². The number of esters is 2. The molecule has 122 valence electrons. The lowest BCUT2D eigenvalue weighted by Gasteiger charge is -2.33. The average molecular weight is 307 g/mol. The highest BCUT2D eigenvalue weighted by molar-refractivity contribution is 5.89. The lowest BCUT2D eigenvalue weighted by Crippen LogP contribution is -2.41. The van der Waals surface area contributed by atoms with Crippen LogP contribution in [0.3, 0.4) is 0 Å². The van der Waals surface area contributed by atoms with Crippen LogP contribution in [0.1, 0.15) is 56.6 Å². The van der Waals surface area contributed by atoms with Crippen LogP contribution < -0.4 is 5.73 Å². The second-order valence-electron chi connectivity index (χ2n) is 6.82. The third-order valence-corrected chi connectivity index (χ3v) is 3.37. The zero-order valence-electron chi connectivity index (χ0n) is 14.1. The lowest BCUT2D eigenvalue weighted by atomic mass is 9.80. The van der Waals surface area contributed by atoms with Gasteiger partial charge in [0.15, 0.2) is 0 Å². The molecule has 22 heavy (non-hydrogen) atoms. The average Bonchev–Trinajstić information content (AvgIpc) is 2.43. The van der Waals surface area contributed by atoms with E-state index >= 15 is 0 Å². The van der Waals surface area contributed by atoms with Gasteiger partial charge >= 0.3 is 11.9 Å². The Kier molecular flexibility index (Phi) is 5.35. The molecule has 0 saturated carbocycles. The molecule has 0 heterocycles. The SMILES string of the molecule is COC(=O)c1cccc(C(N)C(C)(C)C(=O)OC(C)(C)C)c1. The fourth-order valence-corrected chi connectivity index (χ4v) is 1.93. The molecule has 0 aromatic heterocycles. The quantitative estimate of drug-likeness (QED) is 0.865. The molecular formula is C17H25NO4. The molecule has 0 radical (unpaired) electrons. The molecule has 1 atom stereocenters. The number of hydrogen-bond donors (Lipinski definition) is 1. The standard InChI is InChI=1S/C17H25NO4/c1-16(2,3)22-15(20)17(4,5)13(18)11-8-7-9-12(10-11)14(19)21-6/h7-10,13H,18H2,1-6H3. The Labute approximate surface area is 131 Å². The van der Waals surface area contributed by atoms with Crippen molar-refractivity contribution < 1.29 is 19.1 Å². The molecule has 0 saturated heterocycles. The predicted molar refractivity (Wildman–Crippen MR) is 84.3 cm³/mol. The van der Waals surface area contributed by atoms with E-state index in [0.29, 0.717) is 11.1 Å². The Morgan fingerprint density at radius 1 is 1.14 bits per heavy atom. The topological polar surface area (TPSA) is 78.6 Å². The summed E-state index contributed by atoms with van der Waals surface area (Å²) in [5, 5.41) is 0. The first-order chi connectivity index (χ1) is 9.99. The van der Waals surface area contributed by atoms with Crippen molar-refractivity contribution in [3.05, 3.63) is 35.4 Å². The summed E-state index contributed by atoms with van der Waals surface area (Å²) in [5.74, 6) is -0.819. The predicted octanol–water partition coefficient (Wildman–Crippen LogP) is 2.84. The maximum Gasteiger partial charge on any atom is 0.337 e. The van der Waals surface area contributed by atoms with Gasteiger partial charge in [-0.15, -0.1) is 0 Å². The summed E-state index contributed by atoms with van der Waals surface area (Å²) in [5.41, 5.74) is 5.82. The highest BCUT2D eigenvalue weighted by Gasteiger charge is 2.39. The molecule has 1 rings (SSSR count). The lowest BCUT2D eigenvalue weighted by molar-refractivity contribution is -0.167. The van der Waals surface area contributed by atoms with Gasteiger partial charge in [0.2, 0.25) is 0 Å². The van der Waals surface area contributed by atoms with E-state index in [1.54, 1.807) is 38.1 Å². The van der Waals surface area contributed by atoms with E-state index in [2.05, 4.69) is 0 Å². The van der Waals surface area contributed by atoms with Crippen LogP contribution in [0.4, 0.5) is 0 Å². The summed E-state index contributed by atoms with van der Waals surface area (Å²) >= 11 is 0. The second-order valence-corrected chi connectivity index (χ2v) is 6.82. The fraction of sp³-hybridized carbons (Fsp3) is 0.529. The summed E-state index contributed by atoms with van der Waals surface area (Å²) in [6.45, 7) is 8.90. The van der Waals surface area contributed by atoms with Crippen LogP contribution in [0.2, 0.25) is 0 Å². The van der Waals surface area contributed by atoms with Crippen LogP contribution in [-0.4, -0.2) is 24.6 Å². The van der Waals surface area contributed by atoms with Crippen molar-refractivity contribution in [2.75, 3.05) is 7.11 Å². The van der Waals surface area contributed by atoms with E-state index in [0.717, 1.165) is 0 Å². The first kappa shape index (κ1) is 18.2. The second kappa shape index (κ2) is 6.48. The monoisotopic (exact) mass is 307 g/mol. The van der Waals surface area contributed by atoms with Crippen molar-refractivity contribution in [2.24, 2.45) is 11.1 Å². The minimum absolute atomic E-state index is 0.379. The van der Waals surface area contributed by atoms with Gasteiger partial charge in [-0.1, -0.05) is 12.1 Å². The number of rotatable bonds is 4.